The summed E-state index contributed by atoms with van der Waals surface area (Å²) >= 11 is 3.46. The Bertz CT molecular complexity index is 367. The topological polar surface area (TPSA) is 29.1 Å². The van der Waals surface area contributed by atoms with Gasteiger partial charge in [-0.2, -0.15) is 0 Å². The van der Waals surface area contributed by atoms with E-state index in [-0.39, 0.29) is 5.41 Å². The van der Waals surface area contributed by atoms with Crippen LogP contribution in [0.5, 0.6) is 0 Å². The number of rotatable bonds is 4. The minimum absolute atomic E-state index is 0.0145. The molecule has 4 aliphatic carbocycles. The quantitative estimate of drug-likeness (QED) is 0.780. The summed E-state index contributed by atoms with van der Waals surface area (Å²) in [6.45, 7) is 4.55. The van der Waals surface area contributed by atoms with Gasteiger partial charge in [-0.05, 0) is 69.1 Å². The molecule has 19 heavy (non-hydrogen) atoms. The SMILES string of the molecule is CC(CCBr)NC(=O)C12CC3CC(CC(C)(C3)C1)C2. The van der Waals surface area contributed by atoms with E-state index in [2.05, 4.69) is 35.1 Å². The number of hydrogen-bond donors (Lipinski definition) is 1. The van der Waals surface area contributed by atoms with Gasteiger partial charge in [0.15, 0.2) is 0 Å². The van der Waals surface area contributed by atoms with Crippen LogP contribution in [0, 0.1) is 22.7 Å². The Labute approximate surface area is 125 Å². The summed E-state index contributed by atoms with van der Waals surface area (Å²) in [5.74, 6) is 2.01. The Balaban J connectivity index is 1.74. The lowest BCUT2D eigenvalue weighted by molar-refractivity contribution is -0.155. The molecule has 1 amide bonds. The summed E-state index contributed by atoms with van der Waals surface area (Å²) in [4.78, 5) is 12.8. The number of halogens is 1. The van der Waals surface area contributed by atoms with Crippen molar-refractivity contribution in [2.75, 3.05) is 5.33 Å². The number of carbonyl (C=O) groups excluding carboxylic acids is 1. The molecule has 0 radical (unpaired) electrons. The Kier molecular flexibility index (Phi) is 3.48. The molecule has 3 unspecified atom stereocenters. The van der Waals surface area contributed by atoms with Crippen LogP contribution in [0.25, 0.3) is 0 Å². The molecule has 1 N–H and O–H groups in total. The van der Waals surface area contributed by atoms with Gasteiger partial charge >= 0.3 is 0 Å². The van der Waals surface area contributed by atoms with Crippen molar-refractivity contribution in [3.63, 3.8) is 0 Å². The van der Waals surface area contributed by atoms with Crippen molar-refractivity contribution in [1.29, 1.82) is 0 Å². The smallest absolute Gasteiger partial charge is 0.226 e. The molecule has 0 aliphatic heterocycles. The van der Waals surface area contributed by atoms with Crippen LogP contribution in [0.15, 0.2) is 0 Å². The van der Waals surface area contributed by atoms with Crippen molar-refractivity contribution in [3.8, 4) is 0 Å². The van der Waals surface area contributed by atoms with E-state index in [4.69, 9.17) is 0 Å². The second-order valence-corrected chi connectivity index (χ2v) is 8.70. The van der Waals surface area contributed by atoms with Crippen LogP contribution in [0.2, 0.25) is 0 Å². The monoisotopic (exact) mass is 327 g/mol. The van der Waals surface area contributed by atoms with Crippen LogP contribution < -0.4 is 5.32 Å². The highest BCUT2D eigenvalue weighted by Crippen LogP contribution is 2.65. The van der Waals surface area contributed by atoms with E-state index in [1.54, 1.807) is 0 Å². The fourth-order valence-corrected chi connectivity index (χ4v) is 6.29. The molecule has 108 valence electrons. The average molecular weight is 328 g/mol. The first-order valence-corrected chi connectivity index (χ1v) is 8.94. The van der Waals surface area contributed by atoms with Crippen molar-refractivity contribution < 1.29 is 4.79 Å². The maximum Gasteiger partial charge on any atom is 0.226 e. The maximum absolute atomic E-state index is 12.8. The molecule has 0 aromatic heterocycles. The fraction of sp³-hybridized carbons (Fsp3) is 0.938. The van der Waals surface area contributed by atoms with Crippen molar-refractivity contribution in [3.05, 3.63) is 0 Å². The minimum atomic E-state index is -0.0145. The summed E-state index contributed by atoms with van der Waals surface area (Å²) in [7, 11) is 0. The predicted octanol–water partition coefficient (Wildman–Crippen LogP) is 3.88. The minimum Gasteiger partial charge on any atom is -0.353 e. The maximum atomic E-state index is 12.8. The zero-order valence-electron chi connectivity index (χ0n) is 12.2. The molecular weight excluding hydrogens is 302 g/mol. The van der Waals surface area contributed by atoms with Crippen molar-refractivity contribution >= 4 is 21.8 Å². The number of hydrogen-bond acceptors (Lipinski definition) is 1. The Morgan fingerprint density at radius 1 is 1.32 bits per heavy atom. The lowest BCUT2D eigenvalue weighted by Crippen LogP contribution is -2.57. The molecule has 4 bridgehead atoms. The lowest BCUT2D eigenvalue weighted by atomic mass is 9.44. The van der Waals surface area contributed by atoms with Gasteiger partial charge in [0.1, 0.15) is 0 Å². The van der Waals surface area contributed by atoms with Crippen LogP contribution >= 0.6 is 15.9 Å². The van der Waals surface area contributed by atoms with Gasteiger partial charge in [-0.1, -0.05) is 22.9 Å². The molecule has 2 nitrogen and oxygen atoms in total. The highest BCUT2D eigenvalue weighted by atomic mass is 79.9. The van der Waals surface area contributed by atoms with Gasteiger partial charge in [0.25, 0.3) is 0 Å². The lowest BCUT2D eigenvalue weighted by Gasteiger charge is -2.60. The first-order chi connectivity index (χ1) is 8.95. The Morgan fingerprint density at radius 2 is 1.95 bits per heavy atom. The molecule has 0 heterocycles. The third-order valence-electron chi connectivity index (χ3n) is 5.75. The van der Waals surface area contributed by atoms with Crippen LogP contribution in [-0.2, 0) is 4.79 Å². The van der Waals surface area contributed by atoms with E-state index >= 15 is 0 Å². The van der Waals surface area contributed by atoms with E-state index in [0.29, 0.717) is 17.4 Å². The molecule has 4 aliphatic rings. The summed E-state index contributed by atoms with van der Waals surface area (Å²) in [6.07, 6.45) is 8.61. The van der Waals surface area contributed by atoms with Crippen LogP contribution in [0.1, 0.15) is 58.8 Å². The van der Waals surface area contributed by atoms with E-state index in [1.807, 2.05) is 0 Å². The fourth-order valence-electron chi connectivity index (χ4n) is 5.60. The molecule has 0 aromatic rings. The van der Waals surface area contributed by atoms with Crippen LogP contribution in [-0.4, -0.2) is 17.3 Å². The van der Waals surface area contributed by atoms with Gasteiger partial charge in [-0.3, -0.25) is 4.79 Å². The molecule has 0 saturated heterocycles. The van der Waals surface area contributed by atoms with Crippen molar-refractivity contribution in [2.45, 2.75) is 64.8 Å². The zero-order chi connectivity index (χ0) is 13.7. The number of alkyl halides is 1. The molecule has 3 atom stereocenters. The van der Waals surface area contributed by atoms with Crippen molar-refractivity contribution in [2.24, 2.45) is 22.7 Å². The van der Waals surface area contributed by atoms with Gasteiger partial charge in [0.05, 0.1) is 5.41 Å². The van der Waals surface area contributed by atoms with Crippen LogP contribution in [0.3, 0.4) is 0 Å². The van der Waals surface area contributed by atoms with E-state index in [1.165, 1.54) is 19.3 Å². The Morgan fingerprint density at radius 3 is 2.47 bits per heavy atom. The molecule has 4 fully saturated rings. The van der Waals surface area contributed by atoms with E-state index < -0.39 is 0 Å². The second-order valence-electron chi connectivity index (χ2n) is 7.90. The summed E-state index contributed by atoms with van der Waals surface area (Å²) in [5.41, 5.74) is 0.444. The molecule has 0 spiro atoms. The second kappa shape index (κ2) is 4.75. The first kappa shape index (κ1) is 13.9. The Hall–Kier alpha value is -0.0500. The standard InChI is InChI=1S/C16H26BrNO/c1-11(3-4-17)18-14(19)16-8-12-5-13(9-16)7-15(2,6-12)10-16/h11-13H,3-10H2,1-2H3,(H,18,19). The van der Waals surface area contributed by atoms with Gasteiger partial charge in [-0.15, -0.1) is 0 Å². The zero-order valence-corrected chi connectivity index (χ0v) is 13.8. The predicted molar refractivity (Wildman–Crippen MR) is 81.2 cm³/mol. The van der Waals surface area contributed by atoms with Gasteiger partial charge < -0.3 is 5.32 Å². The molecule has 0 aromatic carbocycles. The molecule has 4 rings (SSSR count). The van der Waals surface area contributed by atoms with Crippen molar-refractivity contribution in [1.82, 2.24) is 5.32 Å². The van der Waals surface area contributed by atoms with Gasteiger partial charge in [0, 0.05) is 11.4 Å². The summed E-state index contributed by atoms with van der Waals surface area (Å²) in [6, 6.07) is 0.299. The van der Waals surface area contributed by atoms with Gasteiger partial charge in [0.2, 0.25) is 5.91 Å². The molecular formula is C16H26BrNO. The molecule has 3 heteroatoms. The van der Waals surface area contributed by atoms with E-state index in [9.17, 15) is 4.79 Å². The first-order valence-electron chi connectivity index (χ1n) is 7.82. The van der Waals surface area contributed by atoms with Gasteiger partial charge in [-0.25, -0.2) is 0 Å². The third kappa shape index (κ3) is 2.48. The summed E-state index contributed by atoms with van der Waals surface area (Å²) in [5, 5.41) is 4.25. The highest BCUT2D eigenvalue weighted by Gasteiger charge is 2.58. The molecule has 4 saturated carbocycles. The third-order valence-corrected chi connectivity index (χ3v) is 6.21. The van der Waals surface area contributed by atoms with E-state index in [0.717, 1.165) is 42.8 Å². The average Bonchev–Trinajstić information content (AvgIpc) is 2.25. The number of carbonyl (C=O) groups is 1. The highest BCUT2D eigenvalue weighted by molar-refractivity contribution is 9.09. The summed E-state index contributed by atoms with van der Waals surface area (Å²) < 4.78 is 0. The number of amides is 1. The number of nitrogens with one attached hydrogen (secondary N) is 1. The largest absolute Gasteiger partial charge is 0.353 e. The normalized spacial score (nSPS) is 45.2. The van der Waals surface area contributed by atoms with Crippen LogP contribution in [0.4, 0.5) is 0 Å².